The van der Waals surface area contributed by atoms with Crippen molar-refractivity contribution in [1.82, 2.24) is 14.9 Å². The summed E-state index contributed by atoms with van der Waals surface area (Å²) in [5, 5.41) is 3.32. The van der Waals surface area contributed by atoms with Gasteiger partial charge in [0.25, 0.3) is 0 Å². The van der Waals surface area contributed by atoms with Crippen LogP contribution in [0.2, 0.25) is 0 Å². The Labute approximate surface area is 176 Å². The molecule has 8 heteroatoms. The lowest BCUT2D eigenvalue weighted by Crippen LogP contribution is -2.46. The van der Waals surface area contributed by atoms with Crippen molar-refractivity contribution < 1.29 is 14.3 Å². The number of nitrogens with one attached hydrogen (secondary N) is 1. The van der Waals surface area contributed by atoms with Crippen LogP contribution in [0, 0.1) is 5.41 Å². The second-order valence-electron chi connectivity index (χ2n) is 8.62. The number of Topliss-reactive ketones (excluding diaryl/α,β-unsaturated/α-hetero) is 1. The Balaban J connectivity index is 1.71. The van der Waals surface area contributed by atoms with Crippen molar-refractivity contribution >= 4 is 29.6 Å². The maximum Gasteiger partial charge on any atom is 0.227 e. The van der Waals surface area contributed by atoms with Gasteiger partial charge in [0.1, 0.15) is 11.6 Å². The van der Waals surface area contributed by atoms with Crippen LogP contribution >= 0.6 is 0 Å². The molecule has 4 rings (SSSR count). The first-order valence-corrected chi connectivity index (χ1v) is 10.2. The first-order valence-electron chi connectivity index (χ1n) is 10.2. The molecule has 0 unspecified atom stereocenters. The van der Waals surface area contributed by atoms with Crippen LogP contribution in [0.4, 0.5) is 17.5 Å². The Bertz CT molecular complexity index is 950. The van der Waals surface area contributed by atoms with Crippen molar-refractivity contribution in [1.29, 1.82) is 0 Å². The summed E-state index contributed by atoms with van der Waals surface area (Å²) in [7, 11) is 1.63. The molecule has 1 aliphatic heterocycles. The van der Waals surface area contributed by atoms with Crippen LogP contribution in [0.25, 0.3) is 0 Å². The van der Waals surface area contributed by atoms with Gasteiger partial charge in [0.15, 0.2) is 5.78 Å². The van der Waals surface area contributed by atoms with E-state index in [1.54, 1.807) is 12.0 Å². The number of amides is 1. The number of ether oxygens (including phenoxy) is 1. The number of anilines is 3. The van der Waals surface area contributed by atoms with E-state index in [4.69, 9.17) is 14.7 Å². The molecule has 1 N–H and O–H groups in total. The third kappa shape index (κ3) is 4.08. The average molecular weight is 409 g/mol. The number of ketones is 1. The molecule has 30 heavy (non-hydrogen) atoms. The molecular weight excluding hydrogens is 382 g/mol. The van der Waals surface area contributed by atoms with E-state index in [9.17, 15) is 9.59 Å². The molecule has 0 bridgehead atoms. The number of benzene rings is 1. The summed E-state index contributed by atoms with van der Waals surface area (Å²) in [6, 6.07) is 7.52. The molecule has 1 fully saturated rings. The van der Waals surface area contributed by atoms with Crippen molar-refractivity contribution in [3.63, 3.8) is 0 Å². The molecule has 8 nitrogen and oxygen atoms in total. The van der Waals surface area contributed by atoms with Gasteiger partial charge in [0.05, 0.1) is 18.4 Å². The molecule has 1 saturated heterocycles. The third-order valence-electron chi connectivity index (χ3n) is 5.64. The maximum absolute atomic E-state index is 13.0. The molecule has 0 saturated carbocycles. The molecule has 1 aromatic heterocycles. The van der Waals surface area contributed by atoms with Gasteiger partial charge in [-0.3, -0.25) is 9.59 Å². The number of methoxy groups -OCH3 is 1. The number of nitrogens with zero attached hydrogens (tertiary/aromatic N) is 4. The highest BCUT2D eigenvalue weighted by Crippen LogP contribution is 2.38. The second kappa shape index (κ2) is 7.93. The van der Waals surface area contributed by atoms with Gasteiger partial charge in [0, 0.05) is 38.3 Å². The van der Waals surface area contributed by atoms with E-state index in [2.05, 4.69) is 24.1 Å². The molecule has 2 aliphatic rings. The molecule has 1 aliphatic carbocycles. The normalized spacial score (nSPS) is 18.0. The summed E-state index contributed by atoms with van der Waals surface area (Å²) in [6.07, 6.45) is 2.07. The van der Waals surface area contributed by atoms with Crippen LogP contribution in [-0.2, 0) is 11.2 Å². The fourth-order valence-corrected chi connectivity index (χ4v) is 4.02. The van der Waals surface area contributed by atoms with Crippen LogP contribution in [-0.4, -0.2) is 60.4 Å². The van der Waals surface area contributed by atoms with Crippen LogP contribution in [0.1, 0.15) is 36.3 Å². The van der Waals surface area contributed by atoms with E-state index in [0.717, 1.165) is 30.0 Å². The zero-order valence-electron chi connectivity index (χ0n) is 17.6. The molecular formula is C22H27N5O3. The summed E-state index contributed by atoms with van der Waals surface area (Å²) in [4.78, 5) is 37.4. The highest BCUT2D eigenvalue weighted by Gasteiger charge is 2.35. The minimum atomic E-state index is -0.136. The van der Waals surface area contributed by atoms with E-state index in [0.29, 0.717) is 49.9 Å². The molecule has 0 radical (unpaired) electrons. The Morgan fingerprint density at radius 2 is 1.77 bits per heavy atom. The molecule has 1 amide bonds. The summed E-state index contributed by atoms with van der Waals surface area (Å²) >= 11 is 0. The summed E-state index contributed by atoms with van der Waals surface area (Å²) in [6.45, 7) is 6.78. The molecule has 2 heterocycles. The van der Waals surface area contributed by atoms with Crippen molar-refractivity contribution in [3.05, 3.63) is 35.5 Å². The standard InChI is InChI=1S/C22H27N5O3/c1-22(2)12-17-19(18(29)13-22)20(23-15-4-6-16(30-3)7-5-15)25-21(24-17)27-10-8-26(14-28)9-11-27/h4-7,14H,8-13H2,1-3H3,(H,23,24,25). The van der Waals surface area contributed by atoms with E-state index in [-0.39, 0.29) is 11.2 Å². The molecule has 0 spiro atoms. The Morgan fingerprint density at radius 1 is 1.07 bits per heavy atom. The van der Waals surface area contributed by atoms with Crippen molar-refractivity contribution in [2.75, 3.05) is 43.5 Å². The van der Waals surface area contributed by atoms with Crippen molar-refractivity contribution in [2.24, 2.45) is 5.41 Å². The number of rotatable bonds is 5. The van der Waals surface area contributed by atoms with Gasteiger partial charge in [-0.05, 0) is 36.1 Å². The maximum atomic E-state index is 13.0. The Hall–Kier alpha value is -3.16. The largest absolute Gasteiger partial charge is 0.497 e. The number of carbonyl (C=O) groups is 2. The van der Waals surface area contributed by atoms with E-state index in [1.807, 2.05) is 24.3 Å². The molecule has 2 aromatic rings. The van der Waals surface area contributed by atoms with Crippen LogP contribution in [0.15, 0.2) is 24.3 Å². The molecule has 158 valence electrons. The Kier molecular flexibility index (Phi) is 5.32. The van der Waals surface area contributed by atoms with Crippen LogP contribution in [0.5, 0.6) is 5.75 Å². The van der Waals surface area contributed by atoms with Crippen LogP contribution < -0.4 is 15.0 Å². The van der Waals surface area contributed by atoms with Crippen molar-refractivity contribution in [3.8, 4) is 5.75 Å². The molecule has 1 aromatic carbocycles. The highest BCUT2D eigenvalue weighted by molar-refractivity contribution is 6.03. The number of hydrogen-bond donors (Lipinski definition) is 1. The second-order valence-corrected chi connectivity index (χ2v) is 8.62. The van der Waals surface area contributed by atoms with Crippen LogP contribution in [0.3, 0.4) is 0 Å². The molecule has 0 atom stereocenters. The zero-order valence-corrected chi connectivity index (χ0v) is 17.6. The fourth-order valence-electron chi connectivity index (χ4n) is 4.02. The quantitative estimate of drug-likeness (QED) is 0.760. The van der Waals surface area contributed by atoms with E-state index < -0.39 is 0 Å². The van der Waals surface area contributed by atoms with Gasteiger partial charge in [-0.25, -0.2) is 4.98 Å². The minimum Gasteiger partial charge on any atom is -0.497 e. The first kappa shape index (κ1) is 20.1. The predicted molar refractivity (Wildman–Crippen MR) is 115 cm³/mol. The summed E-state index contributed by atoms with van der Waals surface area (Å²) in [5.74, 6) is 1.96. The van der Waals surface area contributed by atoms with Crippen molar-refractivity contribution in [2.45, 2.75) is 26.7 Å². The number of hydrogen-bond acceptors (Lipinski definition) is 7. The monoisotopic (exact) mass is 409 g/mol. The van der Waals surface area contributed by atoms with Gasteiger partial charge in [0.2, 0.25) is 12.4 Å². The van der Waals surface area contributed by atoms with Gasteiger partial charge in [-0.1, -0.05) is 13.8 Å². The fraction of sp³-hybridized carbons (Fsp3) is 0.455. The lowest BCUT2D eigenvalue weighted by atomic mass is 9.75. The van der Waals surface area contributed by atoms with Gasteiger partial charge in [-0.15, -0.1) is 0 Å². The SMILES string of the molecule is COc1ccc(Nc2nc(N3CCN(C=O)CC3)nc3c2C(=O)CC(C)(C)C3)cc1. The van der Waals surface area contributed by atoms with Gasteiger partial charge < -0.3 is 19.9 Å². The Morgan fingerprint density at radius 3 is 2.40 bits per heavy atom. The number of piperazine rings is 1. The minimum absolute atomic E-state index is 0.0644. The summed E-state index contributed by atoms with van der Waals surface area (Å²) < 4.78 is 5.22. The topological polar surface area (TPSA) is 87.7 Å². The van der Waals surface area contributed by atoms with Gasteiger partial charge in [-0.2, -0.15) is 4.98 Å². The number of fused-ring (bicyclic) bond motifs is 1. The van der Waals surface area contributed by atoms with Gasteiger partial charge >= 0.3 is 0 Å². The lowest BCUT2D eigenvalue weighted by molar-refractivity contribution is -0.118. The smallest absolute Gasteiger partial charge is 0.227 e. The lowest BCUT2D eigenvalue weighted by Gasteiger charge is -2.35. The predicted octanol–water partition coefficient (Wildman–Crippen LogP) is 2.66. The van der Waals surface area contributed by atoms with E-state index in [1.165, 1.54) is 0 Å². The third-order valence-corrected chi connectivity index (χ3v) is 5.64. The first-order chi connectivity index (χ1) is 14.4. The zero-order chi connectivity index (χ0) is 21.3. The summed E-state index contributed by atoms with van der Waals surface area (Å²) in [5.41, 5.74) is 2.06. The van der Waals surface area contributed by atoms with E-state index >= 15 is 0 Å². The number of aromatic nitrogens is 2. The highest BCUT2D eigenvalue weighted by atomic mass is 16.5. The number of carbonyl (C=O) groups excluding carboxylic acids is 2. The average Bonchev–Trinajstić information content (AvgIpc) is 2.73.